The number of phenolic OH excluding ortho intramolecular Hbond substituents is 1. The second-order valence-corrected chi connectivity index (χ2v) is 11.2. The van der Waals surface area contributed by atoms with Crippen LogP contribution in [0, 0.1) is 5.92 Å². The fourth-order valence-electron chi connectivity index (χ4n) is 4.30. The highest BCUT2D eigenvalue weighted by Crippen LogP contribution is 2.33. The number of sulfonamides is 1. The number of aromatic hydroxyl groups is 1. The van der Waals surface area contributed by atoms with Crippen molar-refractivity contribution in [3.8, 4) is 11.5 Å². The van der Waals surface area contributed by atoms with Crippen molar-refractivity contribution in [2.45, 2.75) is 37.2 Å². The third-order valence-corrected chi connectivity index (χ3v) is 7.40. The number of carbonyl (C=O) groups is 2. The minimum Gasteiger partial charge on any atom is -0.508 e. The van der Waals surface area contributed by atoms with Crippen LogP contribution in [0.1, 0.15) is 25.3 Å². The smallest absolute Gasteiger partial charge is 0.318 e. The van der Waals surface area contributed by atoms with Gasteiger partial charge < -0.3 is 25.0 Å². The number of aliphatic hydroxyl groups excluding tert-OH is 1. The number of hydrogen-bond acceptors (Lipinski definition) is 9. The third-order valence-electron chi connectivity index (χ3n) is 6.44. The molecule has 12 heteroatoms. The number of primary sulfonamides is 1. The molecule has 42 heavy (non-hydrogen) atoms. The zero-order valence-corrected chi connectivity index (χ0v) is 24.4. The number of nitrogens with zero attached hydrogens (tertiary/aromatic N) is 1. The average molecular weight is 600 g/mol. The fourth-order valence-corrected chi connectivity index (χ4v) is 5.02. The number of nitrogens with two attached hydrogens (primary N) is 1. The summed E-state index contributed by atoms with van der Waals surface area (Å²) in [6.45, 7) is 2.76. The Bertz CT molecular complexity index is 1430. The first-order chi connectivity index (χ1) is 20.0. The van der Waals surface area contributed by atoms with Gasteiger partial charge in [0.1, 0.15) is 35.0 Å². The highest BCUT2D eigenvalue weighted by atomic mass is 32.2. The summed E-state index contributed by atoms with van der Waals surface area (Å²) in [4.78, 5) is 27.2. The van der Waals surface area contributed by atoms with Crippen LogP contribution in [0.4, 0.5) is 11.4 Å². The summed E-state index contributed by atoms with van der Waals surface area (Å²) >= 11 is 0. The first kappa shape index (κ1) is 32.5. The highest BCUT2D eigenvalue weighted by Gasteiger charge is 2.34. The van der Waals surface area contributed by atoms with E-state index < -0.39 is 33.9 Å². The van der Waals surface area contributed by atoms with Gasteiger partial charge in [-0.2, -0.15) is 0 Å². The van der Waals surface area contributed by atoms with E-state index >= 15 is 0 Å². The molecule has 2 unspecified atom stereocenters. The van der Waals surface area contributed by atoms with Crippen LogP contribution in [0.5, 0.6) is 11.5 Å². The zero-order valence-electron chi connectivity index (χ0n) is 23.6. The second kappa shape index (κ2) is 15.3. The van der Waals surface area contributed by atoms with E-state index in [0.29, 0.717) is 37.4 Å². The van der Waals surface area contributed by atoms with Crippen LogP contribution in [0.2, 0.25) is 0 Å². The summed E-state index contributed by atoms with van der Waals surface area (Å²) in [6, 6.07) is 19.0. The average Bonchev–Trinajstić information content (AvgIpc) is 2.98. The van der Waals surface area contributed by atoms with Crippen molar-refractivity contribution >= 4 is 33.3 Å². The van der Waals surface area contributed by atoms with E-state index in [4.69, 9.17) is 14.6 Å². The second-order valence-electron chi connectivity index (χ2n) is 9.63. The molecule has 0 fully saturated rings. The van der Waals surface area contributed by atoms with E-state index in [0.717, 1.165) is 5.56 Å². The number of carbonyl (C=O) groups excluding carboxylic acids is 2. The number of amides is 1. The number of methoxy groups -OCH3 is 1. The summed E-state index contributed by atoms with van der Waals surface area (Å²) in [6.07, 6.45) is 0.605. The van der Waals surface area contributed by atoms with Gasteiger partial charge in [-0.25, -0.2) is 13.6 Å². The quantitative estimate of drug-likeness (QED) is 0.117. The summed E-state index contributed by atoms with van der Waals surface area (Å²) < 4.78 is 35.1. The first-order valence-corrected chi connectivity index (χ1v) is 15.0. The van der Waals surface area contributed by atoms with Crippen LogP contribution >= 0.6 is 0 Å². The molecule has 0 spiro atoms. The van der Waals surface area contributed by atoms with Gasteiger partial charge in [0.2, 0.25) is 15.9 Å². The number of aliphatic hydroxyl groups is 1. The van der Waals surface area contributed by atoms with Crippen molar-refractivity contribution in [3.63, 3.8) is 0 Å². The number of phenols is 1. The van der Waals surface area contributed by atoms with Gasteiger partial charge in [0.25, 0.3) is 0 Å². The predicted molar refractivity (Wildman–Crippen MR) is 158 cm³/mol. The van der Waals surface area contributed by atoms with Crippen LogP contribution < -0.4 is 20.1 Å². The Morgan fingerprint density at radius 2 is 1.69 bits per heavy atom. The molecule has 0 saturated carbocycles. The van der Waals surface area contributed by atoms with E-state index in [1.807, 2.05) is 6.92 Å². The Kier molecular flexibility index (Phi) is 11.9. The van der Waals surface area contributed by atoms with Crippen molar-refractivity contribution in [1.29, 1.82) is 0 Å². The number of nitrogens with one attached hydrogen (secondary N) is 1. The number of ether oxygens (including phenoxy) is 2. The van der Waals surface area contributed by atoms with Crippen LogP contribution in [-0.2, 0) is 30.8 Å². The van der Waals surface area contributed by atoms with Crippen LogP contribution in [-0.4, -0.2) is 63.4 Å². The molecular weight excluding hydrogens is 562 g/mol. The number of rotatable bonds is 15. The van der Waals surface area contributed by atoms with Crippen molar-refractivity contribution in [1.82, 2.24) is 5.32 Å². The lowest BCUT2D eigenvalue weighted by molar-refractivity contribution is -0.149. The normalized spacial score (nSPS) is 12.8. The lowest BCUT2D eigenvalue weighted by Gasteiger charge is -2.28. The molecule has 0 saturated heterocycles. The molecule has 3 aromatic rings. The van der Waals surface area contributed by atoms with Gasteiger partial charge in [-0.05, 0) is 73.5 Å². The molecule has 0 aliphatic carbocycles. The predicted octanol–water partition coefficient (Wildman–Crippen LogP) is 2.87. The largest absolute Gasteiger partial charge is 0.508 e. The Hall–Kier alpha value is -3.97. The lowest BCUT2D eigenvalue weighted by atomic mass is 10.0. The van der Waals surface area contributed by atoms with E-state index in [9.17, 15) is 28.2 Å². The number of esters is 1. The molecule has 3 rings (SSSR count). The molecule has 11 nitrogen and oxygen atoms in total. The molecule has 0 aliphatic rings. The van der Waals surface area contributed by atoms with Crippen molar-refractivity contribution in [3.05, 3.63) is 78.4 Å². The maximum Gasteiger partial charge on any atom is 0.318 e. The van der Waals surface area contributed by atoms with Crippen LogP contribution in [0.3, 0.4) is 0 Å². The van der Waals surface area contributed by atoms with Gasteiger partial charge in [-0.3, -0.25) is 14.5 Å². The maximum absolute atomic E-state index is 13.8. The van der Waals surface area contributed by atoms with Gasteiger partial charge in [0.15, 0.2) is 0 Å². The van der Waals surface area contributed by atoms with Crippen molar-refractivity contribution in [2.24, 2.45) is 11.1 Å². The Balaban J connectivity index is 1.71. The molecule has 1 amide bonds. The molecular formula is C30H37N3O8S. The Morgan fingerprint density at radius 1 is 1.02 bits per heavy atom. The number of para-hydroxylation sites is 1. The molecule has 2 atom stereocenters. The monoisotopic (exact) mass is 599 g/mol. The van der Waals surface area contributed by atoms with Gasteiger partial charge in [0, 0.05) is 12.2 Å². The molecule has 0 aromatic heterocycles. The first-order valence-electron chi connectivity index (χ1n) is 13.5. The van der Waals surface area contributed by atoms with E-state index in [1.165, 1.54) is 42.3 Å². The molecule has 0 bridgehead atoms. The van der Waals surface area contributed by atoms with Gasteiger partial charge in [-0.1, -0.05) is 37.6 Å². The minimum atomic E-state index is -4.19. The maximum atomic E-state index is 13.8. The minimum absolute atomic E-state index is 0.0351. The van der Waals surface area contributed by atoms with Crippen molar-refractivity contribution < 1.29 is 37.7 Å². The summed E-state index contributed by atoms with van der Waals surface area (Å²) in [7, 11) is -2.99. The van der Waals surface area contributed by atoms with E-state index in [-0.39, 0.29) is 29.4 Å². The topological polar surface area (TPSA) is 168 Å². The summed E-state index contributed by atoms with van der Waals surface area (Å²) in [5.74, 6) is -1.80. The summed E-state index contributed by atoms with van der Waals surface area (Å²) in [5.41, 5.74) is 1.32. The molecule has 5 N–H and O–H groups in total. The fraction of sp³-hybridized carbons (Fsp3) is 0.333. The third kappa shape index (κ3) is 9.02. The number of hydrogen-bond donors (Lipinski definition) is 4. The molecule has 0 heterocycles. The number of benzene rings is 3. The van der Waals surface area contributed by atoms with Gasteiger partial charge in [-0.15, -0.1) is 0 Å². The molecule has 3 aromatic carbocycles. The molecule has 226 valence electrons. The standard InChI is InChI=1S/C30H37N3O8S/c1-3-6-26(30(37)40-2)29(36)33(27-7-4-5-8-28(27)42(31,38)39)22-11-9-21(10-12-22)17-18-32-19-24(35)20-41-25-15-13-23(34)14-16-25/h4-5,7-16,24,26,32,34-35H,3,6,17-20H2,1-2H3,(H2,31,38,39). The van der Waals surface area contributed by atoms with E-state index in [1.54, 1.807) is 42.5 Å². The molecule has 0 radical (unpaired) electrons. The van der Waals surface area contributed by atoms with Gasteiger partial charge >= 0.3 is 5.97 Å². The van der Waals surface area contributed by atoms with Crippen LogP contribution in [0.15, 0.2) is 77.7 Å². The molecule has 0 aliphatic heterocycles. The SMILES string of the molecule is CCCC(C(=O)OC)C(=O)N(c1ccc(CCNCC(O)COc2ccc(O)cc2)cc1)c1ccccc1S(N)(=O)=O. The van der Waals surface area contributed by atoms with E-state index in [2.05, 4.69) is 5.32 Å². The Labute approximate surface area is 245 Å². The highest BCUT2D eigenvalue weighted by molar-refractivity contribution is 7.89. The number of anilines is 2. The summed E-state index contributed by atoms with van der Waals surface area (Å²) in [5, 5.41) is 28.1. The Morgan fingerprint density at radius 3 is 2.31 bits per heavy atom. The van der Waals surface area contributed by atoms with Crippen molar-refractivity contribution in [2.75, 3.05) is 31.7 Å². The van der Waals surface area contributed by atoms with Gasteiger partial charge in [0.05, 0.1) is 12.8 Å². The van der Waals surface area contributed by atoms with Crippen LogP contribution in [0.25, 0.3) is 0 Å². The zero-order chi connectivity index (χ0) is 30.7. The lowest BCUT2D eigenvalue weighted by Crippen LogP contribution is -2.38.